The second-order valence-corrected chi connectivity index (χ2v) is 7.68. The Morgan fingerprint density at radius 3 is 2.34 bits per heavy atom. The van der Waals surface area contributed by atoms with Gasteiger partial charge in [0.25, 0.3) is 5.56 Å². The standard InChI is InChI=1S/C24H19ClFN3O3/c25-20-7-3-1-5-17(20)13-27-22(30)15-28-21-8-4-2-6-19(21)23(31)29(24(28)32)14-16-9-11-18(26)12-10-16/h1-12H,13-15H2,(H,27,30). The van der Waals surface area contributed by atoms with Gasteiger partial charge in [0, 0.05) is 11.6 Å². The van der Waals surface area contributed by atoms with E-state index in [1.807, 2.05) is 6.07 Å². The number of hydrogen-bond donors (Lipinski definition) is 1. The molecule has 4 rings (SSSR count). The smallest absolute Gasteiger partial charge is 0.332 e. The molecule has 0 aliphatic heterocycles. The van der Waals surface area contributed by atoms with Crippen LogP contribution < -0.4 is 16.6 Å². The van der Waals surface area contributed by atoms with Gasteiger partial charge in [0.05, 0.1) is 17.4 Å². The fraction of sp³-hybridized carbons (Fsp3) is 0.125. The highest BCUT2D eigenvalue weighted by atomic mass is 35.5. The van der Waals surface area contributed by atoms with Crippen molar-refractivity contribution in [3.8, 4) is 0 Å². The average Bonchev–Trinajstić information content (AvgIpc) is 2.80. The average molecular weight is 452 g/mol. The molecule has 4 aromatic rings. The molecule has 0 bridgehead atoms. The van der Waals surface area contributed by atoms with Crippen LogP contribution in [0.25, 0.3) is 10.9 Å². The van der Waals surface area contributed by atoms with E-state index in [0.29, 0.717) is 21.5 Å². The minimum Gasteiger partial charge on any atom is -0.350 e. The van der Waals surface area contributed by atoms with Gasteiger partial charge in [-0.25, -0.2) is 9.18 Å². The first-order valence-corrected chi connectivity index (χ1v) is 10.3. The number of fused-ring (bicyclic) bond motifs is 1. The lowest BCUT2D eigenvalue weighted by Crippen LogP contribution is -2.42. The highest BCUT2D eigenvalue weighted by Crippen LogP contribution is 2.14. The lowest BCUT2D eigenvalue weighted by Gasteiger charge is -2.14. The van der Waals surface area contributed by atoms with Crippen molar-refractivity contribution in [1.29, 1.82) is 0 Å². The van der Waals surface area contributed by atoms with Crippen molar-refractivity contribution in [2.24, 2.45) is 0 Å². The molecule has 162 valence electrons. The number of carbonyl (C=O) groups is 1. The molecule has 0 radical (unpaired) electrons. The number of para-hydroxylation sites is 1. The van der Waals surface area contributed by atoms with E-state index < -0.39 is 23.0 Å². The number of carbonyl (C=O) groups excluding carboxylic acids is 1. The maximum absolute atomic E-state index is 13.2. The van der Waals surface area contributed by atoms with E-state index in [2.05, 4.69) is 5.32 Å². The molecule has 1 aromatic heterocycles. The first-order valence-electron chi connectivity index (χ1n) is 9.91. The molecule has 0 aliphatic carbocycles. The van der Waals surface area contributed by atoms with Gasteiger partial charge < -0.3 is 5.32 Å². The summed E-state index contributed by atoms with van der Waals surface area (Å²) in [5.41, 5.74) is 0.621. The molecule has 3 aromatic carbocycles. The van der Waals surface area contributed by atoms with E-state index in [-0.39, 0.29) is 19.6 Å². The molecule has 1 heterocycles. The fourth-order valence-electron chi connectivity index (χ4n) is 3.47. The second-order valence-electron chi connectivity index (χ2n) is 7.27. The third-order valence-electron chi connectivity index (χ3n) is 5.12. The monoisotopic (exact) mass is 451 g/mol. The molecule has 0 saturated carbocycles. The van der Waals surface area contributed by atoms with Crippen molar-refractivity contribution in [2.75, 3.05) is 0 Å². The Morgan fingerprint density at radius 2 is 1.59 bits per heavy atom. The normalized spacial score (nSPS) is 10.9. The largest absolute Gasteiger partial charge is 0.350 e. The maximum Gasteiger partial charge on any atom is 0.332 e. The molecule has 32 heavy (non-hydrogen) atoms. The number of halogens is 2. The zero-order valence-electron chi connectivity index (χ0n) is 16.9. The van der Waals surface area contributed by atoms with Crippen molar-refractivity contribution in [3.05, 3.63) is 116 Å². The van der Waals surface area contributed by atoms with Gasteiger partial charge in [0.15, 0.2) is 0 Å². The fourth-order valence-corrected chi connectivity index (χ4v) is 3.67. The number of amides is 1. The Kier molecular flexibility index (Phi) is 6.18. The summed E-state index contributed by atoms with van der Waals surface area (Å²) in [6.45, 7) is -0.0993. The van der Waals surface area contributed by atoms with Crippen LogP contribution in [0.4, 0.5) is 4.39 Å². The lowest BCUT2D eigenvalue weighted by molar-refractivity contribution is -0.121. The summed E-state index contributed by atoms with van der Waals surface area (Å²) >= 11 is 6.13. The molecule has 0 fully saturated rings. The minimum absolute atomic E-state index is 0.0377. The maximum atomic E-state index is 13.2. The highest BCUT2D eigenvalue weighted by molar-refractivity contribution is 6.31. The first-order chi connectivity index (χ1) is 15.4. The van der Waals surface area contributed by atoms with E-state index in [1.165, 1.54) is 28.8 Å². The zero-order valence-corrected chi connectivity index (χ0v) is 17.7. The number of benzene rings is 3. The Bertz CT molecular complexity index is 1410. The Labute approximate surface area is 187 Å². The van der Waals surface area contributed by atoms with Gasteiger partial charge in [0.2, 0.25) is 5.91 Å². The van der Waals surface area contributed by atoms with E-state index in [0.717, 1.165) is 10.1 Å². The molecular weight excluding hydrogens is 433 g/mol. The minimum atomic E-state index is -0.620. The molecule has 1 N–H and O–H groups in total. The molecule has 0 atom stereocenters. The summed E-state index contributed by atoms with van der Waals surface area (Å²) in [6, 6.07) is 19.3. The molecule has 1 amide bonds. The van der Waals surface area contributed by atoms with Crippen LogP contribution in [-0.4, -0.2) is 15.0 Å². The van der Waals surface area contributed by atoms with Crippen LogP contribution in [0.1, 0.15) is 11.1 Å². The summed E-state index contributed by atoms with van der Waals surface area (Å²) in [6.07, 6.45) is 0. The Hall–Kier alpha value is -3.71. The molecule has 0 unspecified atom stereocenters. The van der Waals surface area contributed by atoms with E-state index in [1.54, 1.807) is 42.5 Å². The third-order valence-corrected chi connectivity index (χ3v) is 5.49. The van der Waals surface area contributed by atoms with Crippen LogP contribution in [0.5, 0.6) is 0 Å². The van der Waals surface area contributed by atoms with Crippen LogP contribution >= 0.6 is 11.6 Å². The number of nitrogens with zero attached hydrogens (tertiary/aromatic N) is 2. The molecule has 0 saturated heterocycles. The van der Waals surface area contributed by atoms with Crippen LogP contribution in [0.3, 0.4) is 0 Å². The van der Waals surface area contributed by atoms with Crippen molar-refractivity contribution in [2.45, 2.75) is 19.6 Å². The number of aromatic nitrogens is 2. The SMILES string of the molecule is O=C(Cn1c(=O)n(Cc2ccc(F)cc2)c(=O)c2ccccc21)NCc1ccccc1Cl. The van der Waals surface area contributed by atoms with Crippen molar-refractivity contribution in [1.82, 2.24) is 14.5 Å². The number of rotatable bonds is 6. The van der Waals surface area contributed by atoms with E-state index in [9.17, 15) is 18.8 Å². The van der Waals surface area contributed by atoms with Gasteiger partial charge >= 0.3 is 5.69 Å². The third kappa shape index (κ3) is 4.48. The predicted octanol–water partition coefficient (Wildman–Crippen LogP) is 3.32. The van der Waals surface area contributed by atoms with Crippen molar-refractivity contribution in [3.63, 3.8) is 0 Å². The van der Waals surface area contributed by atoms with E-state index in [4.69, 9.17) is 11.6 Å². The van der Waals surface area contributed by atoms with Crippen LogP contribution in [0.2, 0.25) is 5.02 Å². The Morgan fingerprint density at radius 1 is 0.906 bits per heavy atom. The van der Waals surface area contributed by atoms with Gasteiger partial charge in [-0.15, -0.1) is 0 Å². The Balaban J connectivity index is 1.68. The summed E-state index contributed by atoms with van der Waals surface area (Å²) < 4.78 is 15.6. The quantitative estimate of drug-likeness (QED) is 0.489. The summed E-state index contributed by atoms with van der Waals surface area (Å²) in [7, 11) is 0. The van der Waals surface area contributed by atoms with E-state index >= 15 is 0 Å². The van der Waals surface area contributed by atoms with Gasteiger partial charge in [0.1, 0.15) is 12.4 Å². The molecule has 0 aliphatic rings. The van der Waals surface area contributed by atoms with Gasteiger partial charge in [-0.1, -0.05) is 54.1 Å². The summed E-state index contributed by atoms with van der Waals surface area (Å²) in [5.74, 6) is -0.809. The highest BCUT2D eigenvalue weighted by Gasteiger charge is 2.16. The molecule has 6 nitrogen and oxygen atoms in total. The first kappa shape index (κ1) is 21.5. The zero-order chi connectivity index (χ0) is 22.7. The second kappa shape index (κ2) is 9.20. The van der Waals surface area contributed by atoms with Crippen molar-refractivity contribution < 1.29 is 9.18 Å². The number of nitrogens with one attached hydrogen (secondary N) is 1. The summed E-state index contributed by atoms with van der Waals surface area (Å²) in [4.78, 5) is 38.8. The molecule has 8 heteroatoms. The summed E-state index contributed by atoms with van der Waals surface area (Å²) in [5, 5.41) is 3.60. The molecule has 0 spiro atoms. The molecular formula is C24H19ClFN3O3. The van der Waals surface area contributed by atoms with Crippen LogP contribution in [0.15, 0.2) is 82.4 Å². The topological polar surface area (TPSA) is 73.1 Å². The van der Waals surface area contributed by atoms with Crippen LogP contribution in [-0.2, 0) is 24.4 Å². The van der Waals surface area contributed by atoms with Crippen LogP contribution in [0, 0.1) is 5.82 Å². The van der Waals surface area contributed by atoms with Crippen molar-refractivity contribution >= 4 is 28.4 Å². The van der Waals surface area contributed by atoms with Gasteiger partial charge in [-0.05, 0) is 41.5 Å². The number of hydrogen-bond acceptors (Lipinski definition) is 3. The lowest BCUT2D eigenvalue weighted by atomic mass is 10.2. The van der Waals surface area contributed by atoms with Gasteiger partial charge in [-0.2, -0.15) is 0 Å². The predicted molar refractivity (Wildman–Crippen MR) is 121 cm³/mol. The van der Waals surface area contributed by atoms with Gasteiger partial charge in [-0.3, -0.25) is 18.7 Å².